The predicted octanol–water partition coefficient (Wildman–Crippen LogP) is 0.271. The van der Waals surface area contributed by atoms with E-state index in [2.05, 4.69) is 0 Å². The van der Waals surface area contributed by atoms with Crippen LogP contribution in [0.2, 0.25) is 0 Å². The fourth-order valence-corrected chi connectivity index (χ4v) is 2.35. The molecule has 0 aromatic carbocycles. The molecule has 2 saturated heterocycles. The second-order valence-electron chi connectivity index (χ2n) is 4.33. The van der Waals surface area contributed by atoms with Gasteiger partial charge < -0.3 is 19.7 Å². The smallest absolute Gasteiger partial charge is 0.195 e. The molecule has 82 valence electrons. The number of hydrogen-bond acceptors (Lipinski definition) is 4. The van der Waals surface area contributed by atoms with Gasteiger partial charge in [-0.3, -0.25) is 0 Å². The van der Waals surface area contributed by atoms with Crippen molar-refractivity contribution in [1.82, 2.24) is 0 Å². The molecule has 4 unspecified atom stereocenters. The molecule has 2 N–H and O–H groups in total. The van der Waals surface area contributed by atoms with Crippen LogP contribution in [0.3, 0.4) is 0 Å². The third kappa shape index (κ3) is 1.56. The summed E-state index contributed by atoms with van der Waals surface area (Å²) in [7, 11) is 0. The molecule has 1 spiro atoms. The standard InChI is InChI=1S/C10H18O4/c1-7-3-2-4-10(14-7)9(12)8(5-11)6-13-10/h7-9,11-12H,2-6H2,1H3. The minimum Gasteiger partial charge on any atom is -0.396 e. The molecule has 0 saturated carbocycles. The highest BCUT2D eigenvalue weighted by molar-refractivity contribution is 4.93. The number of rotatable bonds is 1. The molecule has 4 nitrogen and oxygen atoms in total. The van der Waals surface area contributed by atoms with Crippen molar-refractivity contribution >= 4 is 0 Å². The zero-order chi connectivity index (χ0) is 10.2. The van der Waals surface area contributed by atoms with Crippen molar-refractivity contribution < 1.29 is 19.7 Å². The second-order valence-corrected chi connectivity index (χ2v) is 4.33. The van der Waals surface area contributed by atoms with Crippen molar-refractivity contribution in [2.45, 2.75) is 44.2 Å². The van der Waals surface area contributed by atoms with E-state index in [0.717, 1.165) is 19.3 Å². The molecule has 4 heteroatoms. The van der Waals surface area contributed by atoms with E-state index in [0.29, 0.717) is 6.61 Å². The van der Waals surface area contributed by atoms with Crippen molar-refractivity contribution in [3.8, 4) is 0 Å². The predicted molar refractivity (Wildman–Crippen MR) is 49.7 cm³/mol. The highest BCUT2D eigenvalue weighted by Crippen LogP contribution is 2.40. The molecule has 0 radical (unpaired) electrons. The van der Waals surface area contributed by atoms with Crippen LogP contribution in [-0.4, -0.2) is 41.4 Å². The lowest BCUT2D eigenvalue weighted by molar-refractivity contribution is -0.284. The van der Waals surface area contributed by atoms with Gasteiger partial charge in [-0.2, -0.15) is 0 Å². The Kier molecular flexibility index (Phi) is 2.79. The lowest BCUT2D eigenvalue weighted by Crippen LogP contribution is -2.49. The van der Waals surface area contributed by atoms with Crippen LogP contribution >= 0.6 is 0 Å². The Labute approximate surface area is 83.8 Å². The molecule has 0 aliphatic carbocycles. The molecule has 0 aromatic rings. The first-order valence-corrected chi connectivity index (χ1v) is 5.28. The summed E-state index contributed by atoms with van der Waals surface area (Å²) in [6.07, 6.45) is 2.21. The second kappa shape index (κ2) is 3.77. The van der Waals surface area contributed by atoms with Crippen molar-refractivity contribution in [2.24, 2.45) is 5.92 Å². The van der Waals surface area contributed by atoms with Crippen LogP contribution in [0.4, 0.5) is 0 Å². The summed E-state index contributed by atoms with van der Waals surface area (Å²) in [5.74, 6) is -1.02. The third-order valence-electron chi connectivity index (χ3n) is 3.21. The largest absolute Gasteiger partial charge is 0.396 e. The van der Waals surface area contributed by atoms with Gasteiger partial charge in [-0.1, -0.05) is 0 Å². The van der Waals surface area contributed by atoms with Gasteiger partial charge in [0.2, 0.25) is 0 Å². The minimum atomic E-state index is -0.828. The summed E-state index contributed by atoms with van der Waals surface area (Å²) in [6.45, 7) is 2.34. The van der Waals surface area contributed by atoms with Crippen LogP contribution in [0.25, 0.3) is 0 Å². The van der Waals surface area contributed by atoms with Gasteiger partial charge in [-0.05, 0) is 19.8 Å². The Bertz CT molecular complexity index is 208. The van der Waals surface area contributed by atoms with E-state index in [1.54, 1.807) is 0 Å². The molecule has 0 aromatic heterocycles. The summed E-state index contributed by atoms with van der Waals surface area (Å²) in [4.78, 5) is 0. The summed E-state index contributed by atoms with van der Waals surface area (Å²) in [6, 6.07) is 0. The monoisotopic (exact) mass is 202 g/mol. The molecule has 14 heavy (non-hydrogen) atoms. The molecule has 2 rings (SSSR count). The first kappa shape index (κ1) is 10.4. The average molecular weight is 202 g/mol. The van der Waals surface area contributed by atoms with Gasteiger partial charge in [0, 0.05) is 12.3 Å². The average Bonchev–Trinajstić information content (AvgIpc) is 2.45. The maximum atomic E-state index is 9.97. The van der Waals surface area contributed by atoms with Gasteiger partial charge in [0.15, 0.2) is 5.79 Å². The van der Waals surface area contributed by atoms with E-state index in [1.165, 1.54) is 0 Å². The lowest BCUT2D eigenvalue weighted by atomic mass is 9.93. The van der Waals surface area contributed by atoms with Crippen LogP contribution < -0.4 is 0 Å². The first-order valence-electron chi connectivity index (χ1n) is 5.28. The fraction of sp³-hybridized carbons (Fsp3) is 1.00. The zero-order valence-corrected chi connectivity index (χ0v) is 8.48. The minimum absolute atomic E-state index is 0.0410. The Morgan fingerprint density at radius 1 is 1.50 bits per heavy atom. The molecule has 0 amide bonds. The van der Waals surface area contributed by atoms with Crippen LogP contribution in [0.5, 0.6) is 0 Å². The van der Waals surface area contributed by atoms with Gasteiger partial charge in [-0.25, -0.2) is 0 Å². The molecule has 2 aliphatic rings. The third-order valence-corrected chi connectivity index (χ3v) is 3.21. The first-order chi connectivity index (χ1) is 6.68. The van der Waals surface area contributed by atoms with E-state index in [9.17, 15) is 5.11 Å². The topological polar surface area (TPSA) is 58.9 Å². The maximum absolute atomic E-state index is 9.97. The Morgan fingerprint density at radius 3 is 2.86 bits per heavy atom. The van der Waals surface area contributed by atoms with Gasteiger partial charge in [0.25, 0.3) is 0 Å². The van der Waals surface area contributed by atoms with Crippen LogP contribution in [0.1, 0.15) is 26.2 Å². The van der Waals surface area contributed by atoms with Crippen LogP contribution in [0.15, 0.2) is 0 Å². The zero-order valence-electron chi connectivity index (χ0n) is 8.48. The Hall–Kier alpha value is -0.160. The van der Waals surface area contributed by atoms with Crippen molar-refractivity contribution in [3.05, 3.63) is 0 Å². The molecular weight excluding hydrogens is 184 g/mol. The molecule has 2 fully saturated rings. The van der Waals surface area contributed by atoms with Gasteiger partial charge >= 0.3 is 0 Å². The number of hydrogen-bond donors (Lipinski definition) is 2. The number of aliphatic hydroxyl groups is 2. The molecule has 0 bridgehead atoms. The van der Waals surface area contributed by atoms with Crippen LogP contribution in [-0.2, 0) is 9.47 Å². The van der Waals surface area contributed by atoms with E-state index >= 15 is 0 Å². The summed E-state index contributed by atoms with van der Waals surface area (Å²) >= 11 is 0. The highest BCUT2D eigenvalue weighted by atomic mass is 16.7. The molecule has 2 aliphatic heterocycles. The molecule has 4 atom stereocenters. The summed E-state index contributed by atoms with van der Waals surface area (Å²) in [5.41, 5.74) is 0. The normalized spacial score (nSPS) is 48.6. The van der Waals surface area contributed by atoms with Crippen LogP contribution in [0, 0.1) is 5.92 Å². The van der Waals surface area contributed by atoms with E-state index in [4.69, 9.17) is 14.6 Å². The Morgan fingerprint density at radius 2 is 2.29 bits per heavy atom. The SMILES string of the molecule is CC1CCCC2(OCC(CO)C2O)O1. The highest BCUT2D eigenvalue weighted by Gasteiger charge is 2.51. The van der Waals surface area contributed by atoms with Crippen molar-refractivity contribution in [2.75, 3.05) is 13.2 Å². The molecule has 2 heterocycles. The van der Waals surface area contributed by atoms with Gasteiger partial charge in [-0.15, -0.1) is 0 Å². The number of aliphatic hydroxyl groups excluding tert-OH is 2. The van der Waals surface area contributed by atoms with E-state index < -0.39 is 11.9 Å². The van der Waals surface area contributed by atoms with E-state index in [-0.39, 0.29) is 18.6 Å². The summed E-state index contributed by atoms with van der Waals surface area (Å²) < 4.78 is 11.2. The Balaban J connectivity index is 2.08. The van der Waals surface area contributed by atoms with Gasteiger partial charge in [0.05, 0.1) is 19.3 Å². The maximum Gasteiger partial charge on any atom is 0.195 e. The fourth-order valence-electron chi connectivity index (χ4n) is 2.35. The van der Waals surface area contributed by atoms with Gasteiger partial charge in [0.1, 0.15) is 6.10 Å². The molecular formula is C10H18O4. The quantitative estimate of drug-likeness (QED) is 0.641. The summed E-state index contributed by atoms with van der Waals surface area (Å²) in [5, 5.41) is 19.0. The van der Waals surface area contributed by atoms with E-state index in [1.807, 2.05) is 6.92 Å². The number of ether oxygens (including phenoxy) is 2. The van der Waals surface area contributed by atoms with Crippen molar-refractivity contribution in [1.29, 1.82) is 0 Å². The van der Waals surface area contributed by atoms with Crippen molar-refractivity contribution in [3.63, 3.8) is 0 Å². The lowest BCUT2D eigenvalue weighted by Gasteiger charge is -2.39.